The molecule has 6 nitrogen and oxygen atoms in total. The summed E-state index contributed by atoms with van der Waals surface area (Å²) in [6, 6.07) is 14.5. The summed E-state index contributed by atoms with van der Waals surface area (Å²) in [7, 11) is 0. The van der Waals surface area contributed by atoms with E-state index in [0.29, 0.717) is 19.2 Å². The van der Waals surface area contributed by atoms with E-state index >= 15 is 0 Å². The van der Waals surface area contributed by atoms with Crippen molar-refractivity contribution >= 4 is 11.8 Å². The molecule has 2 aromatic rings. The van der Waals surface area contributed by atoms with Gasteiger partial charge in [-0.15, -0.1) is 0 Å². The molecule has 3 rings (SSSR count). The highest BCUT2D eigenvalue weighted by Gasteiger charge is 2.20. The van der Waals surface area contributed by atoms with Crippen LogP contribution in [0.5, 0.6) is 5.75 Å². The number of rotatable bonds is 8. The van der Waals surface area contributed by atoms with E-state index in [-0.39, 0.29) is 0 Å². The Hall–Kier alpha value is -3.02. The lowest BCUT2D eigenvalue weighted by molar-refractivity contribution is 0.359. The van der Waals surface area contributed by atoms with Crippen LogP contribution in [-0.2, 0) is 6.54 Å². The molecule has 0 unspecified atom stereocenters. The van der Waals surface area contributed by atoms with E-state index in [4.69, 9.17) is 9.73 Å². The molecule has 1 aliphatic heterocycles. The van der Waals surface area contributed by atoms with Crippen LogP contribution in [0.2, 0.25) is 0 Å². The number of piperidine rings is 1. The molecular formula is C23H31N5O. The fourth-order valence-electron chi connectivity index (χ4n) is 3.40. The summed E-state index contributed by atoms with van der Waals surface area (Å²) in [6.45, 7) is 9.67. The van der Waals surface area contributed by atoms with E-state index in [1.54, 1.807) is 6.08 Å². The number of nitrogens with one attached hydrogen (secondary N) is 2. The van der Waals surface area contributed by atoms with Crippen LogP contribution in [0.3, 0.4) is 0 Å². The Kier molecular flexibility index (Phi) is 7.92. The van der Waals surface area contributed by atoms with Gasteiger partial charge in [-0.2, -0.15) is 0 Å². The number of nitrogens with zero attached hydrogens (tertiary/aromatic N) is 3. The fourth-order valence-corrected chi connectivity index (χ4v) is 3.40. The molecule has 1 aromatic carbocycles. The lowest BCUT2D eigenvalue weighted by atomic mass is 10.1. The van der Waals surface area contributed by atoms with Crippen LogP contribution in [-0.4, -0.2) is 43.2 Å². The van der Waals surface area contributed by atoms with Crippen molar-refractivity contribution in [3.05, 3.63) is 66.9 Å². The number of benzene rings is 1. The molecule has 1 saturated heterocycles. The van der Waals surface area contributed by atoms with Crippen LogP contribution in [0, 0.1) is 0 Å². The molecule has 0 atom stereocenters. The molecular weight excluding hydrogens is 362 g/mol. The van der Waals surface area contributed by atoms with Gasteiger partial charge in [0.2, 0.25) is 0 Å². The molecule has 0 amide bonds. The number of ether oxygens (including phenoxy) is 1. The summed E-state index contributed by atoms with van der Waals surface area (Å²) in [4.78, 5) is 11.6. The summed E-state index contributed by atoms with van der Waals surface area (Å²) in [5.41, 5.74) is 1.07. The average Bonchev–Trinajstić information content (AvgIpc) is 2.78. The van der Waals surface area contributed by atoms with Gasteiger partial charge in [0.1, 0.15) is 18.2 Å². The van der Waals surface area contributed by atoms with Gasteiger partial charge in [0.15, 0.2) is 5.96 Å². The predicted molar refractivity (Wildman–Crippen MR) is 120 cm³/mol. The maximum absolute atomic E-state index is 5.74. The molecule has 0 aliphatic carbocycles. The number of hydrogen-bond acceptors (Lipinski definition) is 4. The van der Waals surface area contributed by atoms with Gasteiger partial charge in [0, 0.05) is 37.4 Å². The quantitative estimate of drug-likeness (QED) is 0.409. The molecule has 1 fully saturated rings. The largest absolute Gasteiger partial charge is 0.489 e. The molecule has 2 heterocycles. The summed E-state index contributed by atoms with van der Waals surface area (Å²) >= 11 is 0. The van der Waals surface area contributed by atoms with Crippen molar-refractivity contribution in [2.75, 3.05) is 31.1 Å². The molecule has 0 spiro atoms. The third kappa shape index (κ3) is 6.24. The third-order valence-electron chi connectivity index (χ3n) is 4.89. The van der Waals surface area contributed by atoms with Crippen LogP contribution in [0.4, 0.5) is 5.82 Å². The highest BCUT2D eigenvalue weighted by Crippen LogP contribution is 2.19. The smallest absolute Gasteiger partial charge is 0.191 e. The Morgan fingerprint density at radius 3 is 2.76 bits per heavy atom. The monoisotopic (exact) mass is 393 g/mol. The first kappa shape index (κ1) is 20.7. The second kappa shape index (κ2) is 11.1. The number of guanidine groups is 1. The summed E-state index contributed by atoms with van der Waals surface area (Å²) < 4.78 is 5.74. The van der Waals surface area contributed by atoms with E-state index in [9.17, 15) is 0 Å². The number of aromatic nitrogens is 1. The average molecular weight is 394 g/mol. The van der Waals surface area contributed by atoms with Gasteiger partial charge in [-0.05, 0) is 38.0 Å². The van der Waals surface area contributed by atoms with Gasteiger partial charge in [-0.3, -0.25) is 0 Å². The number of anilines is 1. The Morgan fingerprint density at radius 1 is 1.24 bits per heavy atom. The number of hydrogen-bond donors (Lipinski definition) is 2. The Morgan fingerprint density at radius 2 is 2.03 bits per heavy atom. The summed E-state index contributed by atoms with van der Waals surface area (Å²) in [5, 5.41) is 6.96. The van der Waals surface area contributed by atoms with E-state index in [1.165, 1.54) is 0 Å². The fraction of sp³-hybridized carbons (Fsp3) is 0.391. The molecule has 0 radical (unpaired) electrons. The molecule has 0 saturated carbocycles. The van der Waals surface area contributed by atoms with Crippen LogP contribution >= 0.6 is 0 Å². The normalized spacial score (nSPS) is 15.1. The second-order valence-corrected chi connectivity index (χ2v) is 7.00. The second-order valence-electron chi connectivity index (χ2n) is 7.00. The minimum atomic E-state index is 0.403. The Bertz CT molecular complexity index is 785. The van der Waals surface area contributed by atoms with Gasteiger partial charge < -0.3 is 20.3 Å². The standard InChI is InChI=1S/C23H31N5O/c1-3-17-29-21-10-6-5-9-19(21)18-26-23(24-4-2)27-20-12-15-28(16-13-20)22-11-7-8-14-25-22/h3,5-11,14,20H,1,4,12-13,15-18H2,2H3,(H2,24,26,27). The van der Waals surface area contributed by atoms with Crippen molar-refractivity contribution in [1.29, 1.82) is 0 Å². The molecule has 6 heteroatoms. The van der Waals surface area contributed by atoms with Gasteiger partial charge in [-0.25, -0.2) is 9.98 Å². The van der Waals surface area contributed by atoms with E-state index in [1.807, 2.05) is 36.5 Å². The maximum Gasteiger partial charge on any atom is 0.191 e. The van der Waals surface area contributed by atoms with E-state index in [2.05, 4.69) is 46.2 Å². The van der Waals surface area contributed by atoms with Gasteiger partial charge in [0.05, 0.1) is 6.54 Å². The minimum Gasteiger partial charge on any atom is -0.489 e. The molecule has 154 valence electrons. The molecule has 1 aromatic heterocycles. The van der Waals surface area contributed by atoms with Crippen LogP contribution in [0.25, 0.3) is 0 Å². The van der Waals surface area contributed by atoms with Crippen molar-refractivity contribution in [1.82, 2.24) is 15.6 Å². The number of para-hydroxylation sites is 1. The zero-order valence-electron chi connectivity index (χ0n) is 17.2. The summed E-state index contributed by atoms with van der Waals surface area (Å²) in [5.74, 6) is 2.76. The summed E-state index contributed by atoms with van der Waals surface area (Å²) in [6.07, 6.45) is 5.72. The van der Waals surface area contributed by atoms with Crippen molar-refractivity contribution < 1.29 is 4.74 Å². The number of aliphatic imine (C=N–C) groups is 1. The Labute approximate surface area is 173 Å². The van der Waals surface area contributed by atoms with Gasteiger partial charge in [-0.1, -0.05) is 36.9 Å². The zero-order chi connectivity index (χ0) is 20.3. The van der Waals surface area contributed by atoms with Gasteiger partial charge >= 0.3 is 0 Å². The van der Waals surface area contributed by atoms with Crippen molar-refractivity contribution in [2.45, 2.75) is 32.4 Å². The lowest BCUT2D eigenvalue weighted by Crippen LogP contribution is -2.48. The van der Waals surface area contributed by atoms with E-state index in [0.717, 1.165) is 55.6 Å². The van der Waals surface area contributed by atoms with Crippen LogP contribution in [0.15, 0.2) is 66.3 Å². The zero-order valence-corrected chi connectivity index (χ0v) is 17.2. The van der Waals surface area contributed by atoms with Crippen molar-refractivity contribution in [3.63, 3.8) is 0 Å². The first-order valence-electron chi connectivity index (χ1n) is 10.3. The van der Waals surface area contributed by atoms with E-state index < -0.39 is 0 Å². The first-order chi connectivity index (χ1) is 14.3. The Balaban J connectivity index is 1.57. The SMILES string of the molecule is C=CCOc1ccccc1CN=C(NCC)NC1CCN(c2ccccn2)CC1. The minimum absolute atomic E-state index is 0.403. The maximum atomic E-state index is 5.74. The number of pyridine rings is 1. The van der Waals surface area contributed by atoms with Gasteiger partial charge in [0.25, 0.3) is 0 Å². The third-order valence-corrected chi connectivity index (χ3v) is 4.89. The highest BCUT2D eigenvalue weighted by molar-refractivity contribution is 5.80. The first-order valence-corrected chi connectivity index (χ1v) is 10.3. The van der Waals surface area contributed by atoms with Crippen LogP contribution < -0.4 is 20.3 Å². The molecule has 1 aliphatic rings. The predicted octanol–water partition coefficient (Wildman–Crippen LogP) is 3.37. The lowest BCUT2D eigenvalue weighted by Gasteiger charge is -2.33. The molecule has 2 N–H and O–H groups in total. The van der Waals surface area contributed by atoms with Crippen LogP contribution in [0.1, 0.15) is 25.3 Å². The topological polar surface area (TPSA) is 61.8 Å². The highest BCUT2D eigenvalue weighted by atomic mass is 16.5. The molecule has 0 bridgehead atoms. The van der Waals surface area contributed by atoms with Crippen molar-refractivity contribution in [2.24, 2.45) is 4.99 Å². The molecule has 29 heavy (non-hydrogen) atoms. The van der Waals surface area contributed by atoms with Crippen molar-refractivity contribution in [3.8, 4) is 5.75 Å².